The smallest absolute Gasteiger partial charge is 0.308 e. The molecule has 1 aromatic heterocycles. The molecule has 0 saturated carbocycles. The van der Waals surface area contributed by atoms with Gasteiger partial charge in [0.2, 0.25) is 23.6 Å². The average molecular weight is 743 g/mol. The Morgan fingerprint density at radius 2 is 1.17 bits per heavy atom. The van der Waals surface area contributed by atoms with Gasteiger partial charge in [-0.3, -0.25) is 38.4 Å². The first-order valence-electron chi connectivity index (χ1n) is 15.7. The molecule has 18 nitrogen and oxygen atoms in total. The number of carbonyl (C=O) groups is 7. The highest BCUT2D eigenvalue weighted by atomic mass is 16.7. The van der Waals surface area contributed by atoms with Gasteiger partial charge in [-0.25, -0.2) is 0 Å². The van der Waals surface area contributed by atoms with Crippen molar-refractivity contribution in [2.75, 3.05) is 6.61 Å². The molecule has 0 amide bonds. The molecule has 18 heteroatoms. The zero-order valence-electron chi connectivity index (χ0n) is 29.4. The van der Waals surface area contributed by atoms with Gasteiger partial charge in [0.1, 0.15) is 40.9 Å². The minimum absolute atomic E-state index is 0.126. The minimum atomic E-state index is -1.88. The predicted molar refractivity (Wildman–Crippen MR) is 174 cm³/mol. The summed E-state index contributed by atoms with van der Waals surface area (Å²) in [6, 6.07) is 7.81. The Morgan fingerprint density at radius 3 is 1.72 bits per heavy atom. The zero-order valence-corrected chi connectivity index (χ0v) is 29.4. The van der Waals surface area contributed by atoms with Crippen LogP contribution in [0.3, 0.4) is 0 Å². The molecular formula is C35H34O18. The lowest BCUT2D eigenvalue weighted by atomic mass is 9.98. The van der Waals surface area contributed by atoms with E-state index in [0.717, 1.165) is 47.6 Å². The van der Waals surface area contributed by atoms with Crippen molar-refractivity contribution in [3.05, 3.63) is 46.6 Å². The average Bonchev–Trinajstić information content (AvgIpc) is 3.02. The lowest BCUT2D eigenvalue weighted by Gasteiger charge is -2.43. The molecule has 3 aromatic rings. The second kappa shape index (κ2) is 16.8. The van der Waals surface area contributed by atoms with Crippen LogP contribution in [0.1, 0.15) is 48.5 Å². The van der Waals surface area contributed by atoms with Gasteiger partial charge >= 0.3 is 41.8 Å². The molecule has 1 aliphatic rings. The topological polar surface area (TPSA) is 233 Å². The van der Waals surface area contributed by atoms with E-state index in [1.165, 1.54) is 37.3 Å². The highest BCUT2D eigenvalue weighted by Gasteiger charge is 2.54. The van der Waals surface area contributed by atoms with E-state index >= 15 is 0 Å². The summed E-state index contributed by atoms with van der Waals surface area (Å²) in [4.78, 5) is 98.6. The molecule has 0 radical (unpaired) electrons. The number of fused-ring (bicyclic) bond motifs is 1. The molecular weight excluding hydrogens is 708 g/mol. The van der Waals surface area contributed by atoms with Crippen LogP contribution < -0.4 is 24.4 Å². The van der Waals surface area contributed by atoms with E-state index in [0.29, 0.717) is 0 Å². The van der Waals surface area contributed by atoms with E-state index in [9.17, 15) is 38.4 Å². The fourth-order valence-electron chi connectivity index (χ4n) is 5.24. The van der Waals surface area contributed by atoms with E-state index < -0.39 is 96.0 Å². The molecule has 5 unspecified atom stereocenters. The second-order valence-electron chi connectivity index (χ2n) is 11.4. The number of rotatable bonds is 11. The Hall–Kier alpha value is -6.30. The van der Waals surface area contributed by atoms with E-state index in [1.807, 2.05) is 0 Å². The Labute approximate surface area is 300 Å². The number of hydrogen-bond acceptors (Lipinski definition) is 18. The largest absolute Gasteiger partial charge is 0.463 e. The molecule has 1 aliphatic heterocycles. The lowest BCUT2D eigenvalue weighted by molar-refractivity contribution is -0.288. The maximum absolute atomic E-state index is 14.5. The molecule has 4 rings (SSSR count). The molecule has 5 atom stereocenters. The summed E-state index contributed by atoms with van der Waals surface area (Å²) in [6.07, 6.45) is -8.25. The van der Waals surface area contributed by atoms with Crippen molar-refractivity contribution in [3.8, 4) is 34.3 Å². The summed E-state index contributed by atoms with van der Waals surface area (Å²) in [7, 11) is 0. The van der Waals surface area contributed by atoms with Gasteiger partial charge in [0.05, 0.1) is 0 Å². The summed E-state index contributed by atoms with van der Waals surface area (Å²) < 4.78 is 55.3. The summed E-state index contributed by atoms with van der Waals surface area (Å²) >= 11 is 0. The van der Waals surface area contributed by atoms with Crippen molar-refractivity contribution in [1.29, 1.82) is 0 Å². The first-order chi connectivity index (χ1) is 24.9. The predicted octanol–water partition coefficient (Wildman–Crippen LogP) is 2.70. The first kappa shape index (κ1) is 39.5. The molecule has 2 heterocycles. The fraction of sp³-hybridized carbons (Fsp3) is 0.371. The van der Waals surface area contributed by atoms with Crippen LogP contribution in [0.4, 0.5) is 0 Å². The fourth-order valence-corrected chi connectivity index (χ4v) is 5.24. The van der Waals surface area contributed by atoms with Gasteiger partial charge in [-0.1, -0.05) is 0 Å². The maximum Gasteiger partial charge on any atom is 0.308 e. The molecule has 1 saturated heterocycles. The summed E-state index contributed by atoms with van der Waals surface area (Å²) in [5, 5.41) is -0.378. The van der Waals surface area contributed by atoms with Gasteiger partial charge in [-0.2, -0.15) is 0 Å². The minimum Gasteiger partial charge on any atom is -0.463 e. The summed E-state index contributed by atoms with van der Waals surface area (Å²) in [6.45, 7) is 6.95. The van der Waals surface area contributed by atoms with Crippen LogP contribution in [0, 0.1) is 0 Å². The monoisotopic (exact) mass is 742 g/mol. The highest BCUT2D eigenvalue weighted by Crippen LogP contribution is 2.39. The normalized spacial score (nSPS) is 19.3. The van der Waals surface area contributed by atoms with Gasteiger partial charge in [-0.15, -0.1) is 0 Å². The molecule has 0 aliphatic carbocycles. The number of benzene rings is 2. The van der Waals surface area contributed by atoms with E-state index in [4.69, 9.17) is 47.0 Å². The Morgan fingerprint density at radius 1 is 0.623 bits per heavy atom. The van der Waals surface area contributed by atoms with Crippen molar-refractivity contribution < 1.29 is 80.6 Å². The van der Waals surface area contributed by atoms with Crippen molar-refractivity contribution in [2.45, 2.75) is 79.2 Å². The van der Waals surface area contributed by atoms with E-state index in [-0.39, 0.29) is 33.8 Å². The van der Waals surface area contributed by atoms with Crippen molar-refractivity contribution >= 4 is 52.8 Å². The molecule has 0 spiro atoms. The molecule has 1 fully saturated rings. The van der Waals surface area contributed by atoms with Gasteiger partial charge in [0.25, 0.3) is 0 Å². The van der Waals surface area contributed by atoms with E-state index in [1.54, 1.807) is 0 Å². The third-order valence-electron chi connectivity index (χ3n) is 6.97. The van der Waals surface area contributed by atoms with Crippen LogP contribution in [0.15, 0.2) is 45.6 Å². The van der Waals surface area contributed by atoms with E-state index in [2.05, 4.69) is 0 Å². The summed E-state index contributed by atoms with van der Waals surface area (Å²) in [5.74, 6) is -7.11. The SMILES string of the molecule is CC(=O)OCC1OC(Oc2c(-c3ccc(OC(C)=O)cc3)oc3cc(OC(C)=O)cc(OC(C)=O)c3c2=O)C(OC(C)=O)C(OC(C)=O)C1OC(C)=O. The van der Waals surface area contributed by atoms with Crippen LogP contribution in [-0.2, 0) is 57.2 Å². The Kier molecular flexibility index (Phi) is 12.5. The van der Waals surface area contributed by atoms with Crippen LogP contribution in [0.2, 0.25) is 0 Å². The first-order valence-corrected chi connectivity index (χ1v) is 15.7. The standard InChI is InChI=1S/C35H34O18/c1-15(36)44-14-27-31(48-19(5)40)33(49-20(6)41)34(50-21(7)42)35(52-27)53-32-29(43)28-25(47-18(4)39)12-24(46-17(3)38)13-26(28)51-30(32)22-8-10-23(11-9-22)45-16(2)37/h8-13,27,31,33-35H,14H2,1-7H3. The molecule has 282 valence electrons. The number of esters is 7. The van der Waals surface area contributed by atoms with Gasteiger partial charge in [0.15, 0.2) is 18.0 Å². The number of carbonyl (C=O) groups excluding carboxylic acids is 7. The van der Waals surface area contributed by atoms with Crippen LogP contribution in [0.5, 0.6) is 23.0 Å². The van der Waals surface area contributed by atoms with Gasteiger partial charge < -0.3 is 47.0 Å². The van der Waals surface area contributed by atoms with Crippen LogP contribution in [-0.4, -0.2) is 79.1 Å². The molecule has 0 bridgehead atoms. The van der Waals surface area contributed by atoms with Gasteiger partial charge in [-0.05, 0) is 24.3 Å². The maximum atomic E-state index is 14.5. The molecule has 0 N–H and O–H groups in total. The van der Waals surface area contributed by atoms with Crippen LogP contribution in [0.25, 0.3) is 22.3 Å². The molecule has 53 heavy (non-hydrogen) atoms. The Bertz CT molecular complexity index is 1990. The quantitative estimate of drug-likeness (QED) is 0.156. The number of ether oxygens (including phenoxy) is 9. The summed E-state index contributed by atoms with van der Waals surface area (Å²) in [5.41, 5.74) is -1.12. The zero-order chi connectivity index (χ0) is 39.1. The lowest BCUT2D eigenvalue weighted by Crippen LogP contribution is -2.63. The van der Waals surface area contributed by atoms with Crippen LogP contribution >= 0.6 is 0 Å². The van der Waals surface area contributed by atoms with Crippen molar-refractivity contribution in [3.63, 3.8) is 0 Å². The van der Waals surface area contributed by atoms with Crippen molar-refractivity contribution in [1.82, 2.24) is 0 Å². The Balaban J connectivity index is 2.01. The molecule has 2 aromatic carbocycles. The van der Waals surface area contributed by atoms with Crippen molar-refractivity contribution in [2.24, 2.45) is 0 Å². The number of hydrogen-bond donors (Lipinski definition) is 0. The van der Waals surface area contributed by atoms with Gasteiger partial charge in [0, 0.05) is 66.2 Å². The third-order valence-corrected chi connectivity index (χ3v) is 6.97. The second-order valence-corrected chi connectivity index (χ2v) is 11.4. The third kappa shape index (κ3) is 10.2. The highest BCUT2D eigenvalue weighted by molar-refractivity contribution is 5.91.